The second-order valence-corrected chi connectivity index (χ2v) is 7.42. The first-order valence-electron chi connectivity index (χ1n) is 10.5. The summed E-state index contributed by atoms with van der Waals surface area (Å²) in [5.74, 6) is 0.515. The summed E-state index contributed by atoms with van der Waals surface area (Å²) in [5, 5.41) is 2.67. The Morgan fingerprint density at radius 1 is 0.968 bits per heavy atom. The maximum Gasteiger partial charge on any atom is 0.407 e. The van der Waals surface area contributed by atoms with E-state index in [9.17, 15) is 9.59 Å². The smallest absolute Gasteiger partial charge is 0.407 e. The number of carbonyl (C=O) groups is 2. The largest absolute Gasteiger partial charge is 0.445 e. The first-order chi connectivity index (χ1) is 15.2. The predicted octanol–water partition coefficient (Wildman–Crippen LogP) is 4.39. The molecular weight excluding hydrogens is 394 g/mol. The Labute approximate surface area is 181 Å². The fourth-order valence-corrected chi connectivity index (χ4v) is 3.52. The number of piperidine rings is 1. The molecule has 1 fully saturated rings. The zero-order chi connectivity index (χ0) is 21.5. The molecule has 1 aliphatic heterocycles. The minimum absolute atomic E-state index is 0.0162. The van der Waals surface area contributed by atoms with Gasteiger partial charge >= 0.3 is 6.09 Å². The summed E-state index contributed by atoms with van der Waals surface area (Å²) in [4.78, 5) is 31.5. The maximum absolute atomic E-state index is 13.1. The zero-order valence-corrected chi connectivity index (χ0v) is 17.3. The number of carbonyl (C=O) groups excluding carboxylic acids is 2. The number of benzene rings is 2. The van der Waals surface area contributed by atoms with Crippen LogP contribution in [0.2, 0.25) is 0 Å². The second kappa shape index (κ2) is 9.93. The van der Waals surface area contributed by atoms with Gasteiger partial charge in [0.15, 0.2) is 11.5 Å². The van der Waals surface area contributed by atoms with E-state index in [0.29, 0.717) is 24.7 Å². The lowest BCUT2D eigenvalue weighted by Crippen LogP contribution is -2.36. The Hall–Kier alpha value is -3.61. The van der Waals surface area contributed by atoms with E-state index in [-0.39, 0.29) is 24.8 Å². The number of alkyl carbamates (subject to hydrolysis) is 1. The second-order valence-electron chi connectivity index (χ2n) is 7.42. The van der Waals surface area contributed by atoms with Crippen molar-refractivity contribution in [2.75, 3.05) is 13.1 Å². The van der Waals surface area contributed by atoms with E-state index in [4.69, 9.17) is 9.15 Å². The molecule has 1 aromatic heterocycles. The fourth-order valence-electron chi connectivity index (χ4n) is 3.52. The predicted molar refractivity (Wildman–Crippen MR) is 115 cm³/mol. The van der Waals surface area contributed by atoms with Crippen LogP contribution in [0.25, 0.3) is 11.5 Å². The number of amides is 2. The van der Waals surface area contributed by atoms with Gasteiger partial charge in [-0.05, 0) is 37.0 Å². The van der Waals surface area contributed by atoms with Gasteiger partial charge in [-0.3, -0.25) is 4.79 Å². The number of hydrogen-bond donors (Lipinski definition) is 1. The standard InChI is InChI=1S/C24H25N3O4/c28-23(27-14-8-3-9-15-27)21-20(31-22(26-21)19-12-6-2-7-13-19)16-25-24(29)30-17-18-10-4-1-5-11-18/h1-2,4-7,10-13H,3,8-9,14-17H2,(H,25,29). The van der Waals surface area contributed by atoms with E-state index in [1.807, 2.05) is 60.7 Å². The average Bonchev–Trinajstić information content (AvgIpc) is 3.27. The van der Waals surface area contributed by atoms with E-state index in [0.717, 1.165) is 30.4 Å². The lowest BCUT2D eigenvalue weighted by molar-refractivity contribution is 0.0716. The van der Waals surface area contributed by atoms with E-state index in [1.165, 1.54) is 0 Å². The Morgan fingerprint density at radius 2 is 1.65 bits per heavy atom. The van der Waals surface area contributed by atoms with Crippen molar-refractivity contribution >= 4 is 12.0 Å². The highest BCUT2D eigenvalue weighted by Crippen LogP contribution is 2.24. The first kappa shape index (κ1) is 20.7. The summed E-state index contributed by atoms with van der Waals surface area (Å²) in [7, 11) is 0. The molecule has 0 atom stereocenters. The number of hydrogen-bond acceptors (Lipinski definition) is 5. The van der Waals surface area contributed by atoms with Crippen LogP contribution in [-0.2, 0) is 17.9 Å². The van der Waals surface area contributed by atoms with Crippen molar-refractivity contribution in [3.8, 4) is 11.5 Å². The van der Waals surface area contributed by atoms with Crippen molar-refractivity contribution in [2.45, 2.75) is 32.4 Å². The summed E-state index contributed by atoms with van der Waals surface area (Å²) in [5.41, 5.74) is 1.90. The molecule has 0 bridgehead atoms. The van der Waals surface area contributed by atoms with Gasteiger partial charge in [-0.15, -0.1) is 0 Å². The Bertz CT molecular complexity index is 1010. The van der Waals surface area contributed by atoms with Crippen LogP contribution in [-0.4, -0.2) is 35.0 Å². The number of aromatic nitrogens is 1. The van der Waals surface area contributed by atoms with Gasteiger partial charge < -0.3 is 19.4 Å². The van der Waals surface area contributed by atoms with Crippen LogP contribution in [0.4, 0.5) is 4.79 Å². The maximum atomic E-state index is 13.1. The molecule has 0 saturated carbocycles. The molecule has 7 heteroatoms. The van der Waals surface area contributed by atoms with E-state index < -0.39 is 6.09 Å². The molecule has 1 aliphatic rings. The Balaban J connectivity index is 1.47. The Morgan fingerprint density at radius 3 is 2.35 bits per heavy atom. The van der Waals surface area contributed by atoms with E-state index in [2.05, 4.69) is 10.3 Å². The van der Waals surface area contributed by atoms with Crippen molar-refractivity contribution in [3.63, 3.8) is 0 Å². The van der Waals surface area contributed by atoms with Crippen molar-refractivity contribution in [3.05, 3.63) is 77.7 Å². The van der Waals surface area contributed by atoms with Crippen molar-refractivity contribution < 1.29 is 18.7 Å². The summed E-state index contributed by atoms with van der Waals surface area (Å²) in [6.07, 6.45) is 2.50. The summed E-state index contributed by atoms with van der Waals surface area (Å²) < 4.78 is 11.1. The molecule has 3 aromatic rings. The summed E-state index contributed by atoms with van der Waals surface area (Å²) in [6.45, 7) is 1.59. The first-order valence-corrected chi connectivity index (χ1v) is 10.5. The van der Waals surface area contributed by atoms with Gasteiger partial charge in [0.05, 0.1) is 6.54 Å². The third-order valence-electron chi connectivity index (χ3n) is 5.17. The minimum Gasteiger partial charge on any atom is -0.445 e. The molecule has 0 radical (unpaired) electrons. The molecule has 0 spiro atoms. The molecule has 1 saturated heterocycles. The SMILES string of the molecule is O=C(NCc1oc(-c2ccccc2)nc1C(=O)N1CCCCC1)OCc1ccccc1. The molecule has 31 heavy (non-hydrogen) atoms. The third-order valence-corrected chi connectivity index (χ3v) is 5.17. The molecule has 0 unspecified atom stereocenters. The summed E-state index contributed by atoms with van der Waals surface area (Å²) >= 11 is 0. The van der Waals surface area contributed by atoms with Gasteiger partial charge in [-0.2, -0.15) is 0 Å². The van der Waals surface area contributed by atoms with Crippen LogP contribution in [0.5, 0.6) is 0 Å². The Kier molecular flexibility index (Phi) is 6.62. The lowest BCUT2D eigenvalue weighted by Gasteiger charge is -2.26. The molecule has 2 amide bonds. The lowest BCUT2D eigenvalue weighted by atomic mass is 10.1. The molecule has 4 rings (SSSR count). The monoisotopic (exact) mass is 419 g/mol. The topological polar surface area (TPSA) is 84.7 Å². The van der Waals surface area contributed by atoms with Crippen molar-refractivity contribution in [2.24, 2.45) is 0 Å². The van der Waals surface area contributed by atoms with Crippen LogP contribution in [0.3, 0.4) is 0 Å². The van der Waals surface area contributed by atoms with Crippen LogP contribution in [0, 0.1) is 0 Å². The number of likely N-dealkylation sites (tertiary alicyclic amines) is 1. The molecule has 160 valence electrons. The molecule has 2 aromatic carbocycles. The average molecular weight is 419 g/mol. The molecular formula is C24H25N3O4. The molecule has 0 aliphatic carbocycles. The van der Waals surface area contributed by atoms with E-state index >= 15 is 0 Å². The minimum atomic E-state index is -0.585. The van der Waals surface area contributed by atoms with Crippen molar-refractivity contribution in [1.29, 1.82) is 0 Å². The fraction of sp³-hybridized carbons (Fsp3) is 0.292. The van der Waals surface area contributed by atoms with Crippen LogP contribution in [0.15, 0.2) is 65.1 Å². The number of nitrogens with zero attached hydrogens (tertiary/aromatic N) is 2. The summed E-state index contributed by atoms with van der Waals surface area (Å²) in [6, 6.07) is 18.8. The number of rotatable bonds is 6. The highest BCUT2D eigenvalue weighted by molar-refractivity contribution is 5.94. The van der Waals surface area contributed by atoms with Gasteiger partial charge in [0.1, 0.15) is 6.61 Å². The van der Waals surface area contributed by atoms with Crippen LogP contribution < -0.4 is 5.32 Å². The van der Waals surface area contributed by atoms with Gasteiger partial charge in [0.2, 0.25) is 5.89 Å². The number of oxazole rings is 1. The van der Waals surface area contributed by atoms with Crippen LogP contribution in [0.1, 0.15) is 41.1 Å². The van der Waals surface area contributed by atoms with Crippen molar-refractivity contribution in [1.82, 2.24) is 15.2 Å². The molecule has 1 N–H and O–H groups in total. The number of nitrogens with one attached hydrogen (secondary N) is 1. The number of ether oxygens (including phenoxy) is 1. The quantitative estimate of drug-likeness (QED) is 0.640. The normalized spacial score (nSPS) is 13.6. The zero-order valence-electron chi connectivity index (χ0n) is 17.3. The van der Waals surface area contributed by atoms with Gasteiger partial charge in [0.25, 0.3) is 5.91 Å². The molecule has 2 heterocycles. The van der Waals surface area contributed by atoms with Gasteiger partial charge in [-0.25, -0.2) is 9.78 Å². The highest BCUT2D eigenvalue weighted by atomic mass is 16.5. The van der Waals surface area contributed by atoms with Gasteiger partial charge in [0, 0.05) is 18.7 Å². The third kappa shape index (κ3) is 5.31. The van der Waals surface area contributed by atoms with Crippen LogP contribution >= 0.6 is 0 Å². The van der Waals surface area contributed by atoms with E-state index in [1.54, 1.807) is 4.90 Å². The molecule has 7 nitrogen and oxygen atoms in total. The highest BCUT2D eigenvalue weighted by Gasteiger charge is 2.26. The van der Waals surface area contributed by atoms with Gasteiger partial charge in [-0.1, -0.05) is 48.5 Å².